The van der Waals surface area contributed by atoms with Gasteiger partial charge < -0.3 is 15.4 Å². The van der Waals surface area contributed by atoms with Crippen molar-refractivity contribution in [3.63, 3.8) is 0 Å². The Bertz CT molecular complexity index is 1650. The Hall–Kier alpha value is -3.68. The number of hydrogen-bond donors (Lipinski definition) is 3. The molecule has 9 nitrogen and oxygen atoms in total. The zero-order valence-corrected chi connectivity index (χ0v) is 24.2. The summed E-state index contributed by atoms with van der Waals surface area (Å²) in [6.07, 6.45) is -0.687. The first-order chi connectivity index (χ1) is 19.6. The first kappa shape index (κ1) is 31.3. The van der Waals surface area contributed by atoms with E-state index in [9.17, 15) is 21.6 Å². The zero-order chi connectivity index (χ0) is 29.0. The van der Waals surface area contributed by atoms with Crippen LogP contribution in [0.3, 0.4) is 0 Å². The highest BCUT2D eigenvalue weighted by atomic mass is 35.5. The number of hydrogen-bond acceptors (Lipinski definition) is 8. The highest BCUT2D eigenvalue weighted by molar-refractivity contribution is 7.92. The van der Waals surface area contributed by atoms with E-state index in [1.165, 1.54) is 6.07 Å². The second-order valence-electron chi connectivity index (χ2n) is 9.81. The molecule has 42 heavy (non-hydrogen) atoms. The summed E-state index contributed by atoms with van der Waals surface area (Å²) in [6, 6.07) is 13.9. The first-order valence-corrected chi connectivity index (χ1v) is 14.8. The maximum Gasteiger partial charge on any atom is 0.390 e. The van der Waals surface area contributed by atoms with E-state index in [2.05, 4.69) is 30.3 Å². The summed E-state index contributed by atoms with van der Waals surface area (Å²) in [5.74, 6) is 0.129. The number of rotatable bonds is 9. The van der Waals surface area contributed by atoms with Crippen LogP contribution in [0.4, 0.5) is 24.8 Å². The standard InChI is InChI=1S/C28H29F3N6O3S.ClH/c1-18-9-10-20-21(6-2-8-24(20)37-41(38,39)16-12-28(29,30)31)25(18)40-26-22(7-4-14-33-26)23-11-15-34-27(36-23)35-19-5-3-13-32-17-19;/h2,4,6-11,14-15,19,32,37H,3,5,12-13,16-17H2,1H3,(H,34,35,36);1H/t19-;/m0./s1. The van der Waals surface area contributed by atoms with Crippen LogP contribution in [0, 0.1) is 6.92 Å². The molecular weight excluding hydrogens is 593 g/mol. The van der Waals surface area contributed by atoms with Gasteiger partial charge in [0.1, 0.15) is 5.75 Å². The molecule has 224 valence electrons. The van der Waals surface area contributed by atoms with Crippen molar-refractivity contribution in [2.75, 3.05) is 28.9 Å². The average Bonchev–Trinajstić information content (AvgIpc) is 2.94. The van der Waals surface area contributed by atoms with E-state index >= 15 is 0 Å². The molecule has 2 aromatic carbocycles. The van der Waals surface area contributed by atoms with Crippen LogP contribution in [0.25, 0.3) is 22.0 Å². The Morgan fingerprint density at radius 2 is 1.88 bits per heavy atom. The molecule has 0 bridgehead atoms. The summed E-state index contributed by atoms with van der Waals surface area (Å²) in [4.78, 5) is 13.5. The molecule has 0 unspecified atom stereocenters. The van der Waals surface area contributed by atoms with Crippen LogP contribution in [0.1, 0.15) is 24.8 Å². The number of benzene rings is 2. The number of sulfonamides is 1. The zero-order valence-electron chi connectivity index (χ0n) is 22.6. The molecule has 1 aliphatic rings. The van der Waals surface area contributed by atoms with Crippen molar-refractivity contribution < 1.29 is 26.3 Å². The molecular formula is C28H30ClF3N6O3S. The van der Waals surface area contributed by atoms with E-state index in [-0.39, 0.29) is 30.0 Å². The molecule has 14 heteroatoms. The second-order valence-corrected chi connectivity index (χ2v) is 11.7. The van der Waals surface area contributed by atoms with Gasteiger partial charge in [-0.2, -0.15) is 13.2 Å². The quantitative estimate of drug-likeness (QED) is 0.206. The van der Waals surface area contributed by atoms with Gasteiger partial charge in [-0.05, 0) is 56.1 Å². The third kappa shape index (κ3) is 7.78. The van der Waals surface area contributed by atoms with Crippen molar-refractivity contribution in [2.24, 2.45) is 0 Å². The topological polar surface area (TPSA) is 118 Å². The Kier molecular flexibility index (Phi) is 9.74. The lowest BCUT2D eigenvalue weighted by Crippen LogP contribution is -2.38. The summed E-state index contributed by atoms with van der Waals surface area (Å²) in [5, 5.41) is 7.76. The van der Waals surface area contributed by atoms with E-state index in [1.54, 1.807) is 48.8 Å². The van der Waals surface area contributed by atoms with Gasteiger partial charge in [0.15, 0.2) is 0 Å². The largest absolute Gasteiger partial charge is 0.437 e. The van der Waals surface area contributed by atoms with E-state index in [0.29, 0.717) is 33.7 Å². The Morgan fingerprint density at radius 1 is 1.05 bits per heavy atom. The highest BCUT2D eigenvalue weighted by Crippen LogP contribution is 2.39. The maximum atomic E-state index is 12.6. The molecule has 1 aliphatic heterocycles. The molecule has 1 saturated heterocycles. The van der Waals surface area contributed by atoms with Crippen molar-refractivity contribution in [3.8, 4) is 22.9 Å². The number of aryl methyl sites for hydroxylation is 1. The van der Waals surface area contributed by atoms with Crippen molar-refractivity contribution >= 4 is 44.8 Å². The molecule has 0 amide bonds. The number of aromatic nitrogens is 3. The minimum Gasteiger partial charge on any atom is -0.437 e. The van der Waals surface area contributed by atoms with Crippen LogP contribution >= 0.6 is 12.4 Å². The highest BCUT2D eigenvalue weighted by Gasteiger charge is 2.30. The molecule has 0 radical (unpaired) electrons. The number of halogens is 4. The van der Waals surface area contributed by atoms with E-state index in [4.69, 9.17) is 4.74 Å². The number of ether oxygens (including phenoxy) is 1. The van der Waals surface area contributed by atoms with E-state index in [1.807, 2.05) is 13.0 Å². The molecule has 0 saturated carbocycles. The van der Waals surface area contributed by atoms with Gasteiger partial charge in [0.05, 0.1) is 29.1 Å². The van der Waals surface area contributed by atoms with Crippen molar-refractivity contribution in [3.05, 3.63) is 66.5 Å². The molecule has 4 aromatic rings. The molecule has 0 spiro atoms. The number of anilines is 2. The van der Waals surface area contributed by atoms with Crippen molar-refractivity contribution in [1.29, 1.82) is 0 Å². The minimum absolute atomic E-state index is 0. The van der Waals surface area contributed by atoms with Gasteiger partial charge in [-0.15, -0.1) is 12.4 Å². The number of nitrogens with zero attached hydrogens (tertiary/aromatic N) is 3. The minimum atomic E-state index is -4.58. The molecule has 3 heterocycles. The third-order valence-electron chi connectivity index (χ3n) is 6.66. The monoisotopic (exact) mass is 622 g/mol. The van der Waals surface area contributed by atoms with Crippen LogP contribution in [0.5, 0.6) is 11.6 Å². The molecule has 1 fully saturated rings. The predicted molar refractivity (Wildman–Crippen MR) is 159 cm³/mol. The Balaban J connectivity index is 0.00000405. The lowest BCUT2D eigenvalue weighted by molar-refractivity contribution is -0.129. The molecule has 0 aliphatic carbocycles. The van der Waals surface area contributed by atoms with Gasteiger partial charge in [-0.25, -0.2) is 23.4 Å². The predicted octanol–water partition coefficient (Wildman–Crippen LogP) is 6.07. The summed E-state index contributed by atoms with van der Waals surface area (Å²) >= 11 is 0. The van der Waals surface area contributed by atoms with Crippen LogP contribution in [-0.2, 0) is 10.0 Å². The number of pyridine rings is 1. The molecule has 2 aromatic heterocycles. The fourth-order valence-corrected chi connectivity index (χ4v) is 5.75. The van der Waals surface area contributed by atoms with Crippen molar-refractivity contribution in [2.45, 2.75) is 38.4 Å². The van der Waals surface area contributed by atoms with Crippen LogP contribution in [0.15, 0.2) is 60.9 Å². The summed E-state index contributed by atoms with van der Waals surface area (Å²) in [5.41, 5.74) is 2.13. The lowest BCUT2D eigenvalue weighted by Gasteiger charge is -2.23. The summed E-state index contributed by atoms with van der Waals surface area (Å²) in [6.45, 7) is 3.66. The average molecular weight is 623 g/mol. The second kappa shape index (κ2) is 13.1. The SMILES string of the molecule is Cc1ccc2c(NS(=O)(=O)CCC(F)(F)F)cccc2c1Oc1ncccc1-c1ccnc(N[C@H]2CCCNC2)n1.Cl. The Labute approximate surface area is 247 Å². The van der Waals surface area contributed by atoms with Gasteiger partial charge in [-0.1, -0.05) is 24.3 Å². The van der Waals surface area contributed by atoms with Gasteiger partial charge in [-0.3, -0.25) is 4.72 Å². The lowest BCUT2D eigenvalue weighted by atomic mass is 10.0. The number of piperidine rings is 1. The van der Waals surface area contributed by atoms with Crippen LogP contribution < -0.4 is 20.1 Å². The smallest absolute Gasteiger partial charge is 0.390 e. The fourth-order valence-electron chi connectivity index (χ4n) is 4.63. The number of nitrogens with one attached hydrogen (secondary N) is 3. The van der Waals surface area contributed by atoms with Gasteiger partial charge in [0, 0.05) is 35.8 Å². The normalized spacial score (nSPS) is 15.6. The molecule has 3 N–H and O–H groups in total. The van der Waals surface area contributed by atoms with Gasteiger partial charge in [0.25, 0.3) is 0 Å². The summed E-state index contributed by atoms with van der Waals surface area (Å²) < 4.78 is 71.4. The van der Waals surface area contributed by atoms with E-state index < -0.39 is 28.4 Å². The van der Waals surface area contributed by atoms with Gasteiger partial charge in [0.2, 0.25) is 21.9 Å². The van der Waals surface area contributed by atoms with Crippen LogP contribution in [0.2, 0.25) is 0 Å². The summed E-state index contributed by atoms with van der Waals surface area (Å²) in [7, 11) is -4.25. The number of fused-ring (bicyclic) bond motifs is 1. The first-order valence-electron chi connectivity index (χ1n) is 13.1. The van der Waals surface area contributed by atoms with Gasteiger partial charge >= 0.3 is 6.18 Å². The maximum absolute atomic E-state index is 12.6. The molecule has 1 atom stereocenters. The van der Waals surface area contributed by atoms with Crippen LogP contribution in [-0.4, -0.2) is 54.4 Å². The third-order valence-corrected chi connectivity index (χ3v) is 7.93. The number of alkyl halides is 3. The molecule has 5 rings (SSSR count). The fraction of sp³-hybridized carbons (Fsp3) is 0.321. The van der Waals surface area contributed by atoms with Crippen molar-refractivity contribution in [1.82, 2.24) is 20.3 Å². The van der Waals surface area contributed by atoms with E-state index in [0.717, 1.165) is 31.5 Å². The Morgan fingerprint density at radius 3 is 2.64 bits per heavy atom.